The molecular weight excluding hydrogens is 250 g/mol. The SMILES string of the molecule is COC[C@@H]1CC2(CC2)[C@H](n2ccc(N)nc2=O)S1. The molecule has 1 spiro atoms. The third-order valence-electron chi connectivity index (χ3n) is 3.83. The van der Waals surface area contributed by atoms with E-state index in [1.807, 2.05) is 11.8 Å². The number of anilines is 1. The fraction of sp³-hybridized carbons (Fsp3) is 0.667. The van der Waals surface area contributed by atoms with Crippen LogP contribution in [-0.2, 0) is 4.74 Å². The fourth-order valence-corrected chi connectivity index (χ4v) is 4.71. The van der Waals surface area contributed by atoms with E-state index in [4.69, 9.17) is 10.5 Å². The number of rotatable bonds is 3. The van der Waals surface area contributed by atoms with E-state index in [1.165, 1.54) is 12.8 Å². The first-order valence-electron chi connectivity index (χ1n) is 6.14. The highest BCUT2D eigenvalue weighted by Crippen LogP contribution is 2.67. The van der Waals surface area contributed by atoms with Gasteiger partial charge in [-0.2, -0.15) is 4.98 Å². The lowest BCUT2D eigenvalue weighted by atomic mass is 10.0. The quantitative estimate of drug-likeness (QED) is 0.892. The van der Waals surface area contributed by atoms with Crippen LogP contribution in [0.25, 0.3) is 0 Å². The Hall–Kier alpha value is -1.01. The van der Waals surface area contributed by atoms with Crippen LogP contribution in [0.3, 0.4) is 0 Å². The molecule has 1 saturated carbocycles. The Bertz CT molecular complexity index is 512. The molecular formula is C12H17N3O2S. The van der Waals surface area contributed by atoms with E-state index in [1.54, 1.807) is 23.9 Å². The minimum absolute atomic E-state index is 0.193. The summed E-state index contributed by atoms with van der Waals surface area (Å²) in [7, 11) is 1.73. The Balaban J connectivity index is 1.89. The summed E-state index contributed by atoms with van der Waals surface area (Å²) in [5.74, 6) is 0.289. The molecule has 5 nitrogen and oxygen atoms in total. The summed E-state index contributed by atoms with van der Waals surface area (Å²) in [6.07, 6.45) is 5.30. The van der Waals surface area contributed by atoms with Gasteiger partial charge in [-0.05, 0) is 25.3 Å². The first kappa shape index (κ1) is 12.0. The van der Waals surface area contributed by atoms with E-state index in [0.717, 1.165) is 13.0 Å². The monoisotopic (exact) mass is 267 g/mol. The first-order chi connectivity index (χ1) is 8.64. The van der Waals surface area contributed by atoms with Gasteiger partial charge in [-0.1, -0.05) is 0 Å². The zero-order valence-electron chi connectivity index (χ0n) is 10.3. The van der Waals surface area contributed by atoms with Crippen LogP contribution >= 0.6 is 11.8 Å². The number of nitrogens with two attached hydrogens (primary N) is 1. The van der Waals surface area contributed by atoms with E-state index >= 15 is 0 Å². The molecule has 0 amide bonds. The van der Waals surface area contributed by atoms with Gasteiger partial charge < -0.3 is 10.5 Å². The van der Waals surface area contributed by atoms with Crippen molar-refractivity contribution in [3.63, 3.8) is 0 Å². The Morgan fingerprint density at radius 1 is 1.67 bits per heavy atom. The zero-order valence-corrected chi connectivity index (χ0v) is 11.2. The lowest BCUT2D eigenvalue weighted by molar-refractivity contribution is 0.192. The zero-order chi connectivity index (χ0) is 12.8. The summed E-state index contributed by atoms with van der Waals surface area (Å²) >= 11 is 1.83. The van der Waals surface area contributed by atoms with Crippen LogP contribution in [0.15, 0.2) is 17.1 Å². The van der Waals surface area contributed by atoms with Crippen molar-refractivity contribution in [3.05, 3.63) is 22.7 Å². The summed E-state index contributed by atoms with van der Waals surface area (Å²) in [5.41, 5.74) is 5.58. The van der Waals surface area contributed by atoms with Crippen molar-refractivity contribution in [2.24, 2.45) is 5.41 Å². The highest BCUT2D eigenvalue weighted by molar-refractivity contribution is 8.00. The van der Waals surface area contributed by atoms with Crippen LogP contribution in [0.5, 0.6) is 0 Å². The Kier molecular flexibility index (Phi) is 2.86. The van der Waals surface area contributed by atoms with Crippen LogP contribution in [-0.4, -0.2) is 28.5 Å². The van der Waals surface area contributed by atoms with Gasteiger partial charge in [0.25, 0.3) is 0 Å². The Labute approximate surface area is 110 Å². The van der Waals surface area contributed by atoms with E-state index in [2.05, 4.69) is 4.98 Å². The molecule has 98 valence electrons. The number of nitrogen functional groups attached to an aromatic ring is 1. The van der Waals surface area contributed by atoms with Gasteiger partial charge in [-0.3, -0.25) is 4.57 Å². The minimum Gasteiger partial charge on any atom is -0.384 e. The maximum atomic E-state index is 11.9. The maximum Gasteiger partial charge on any atom is 0.350 e. The van der Waals surface area contributed by atoms with Crippen molar-refractivity contribution >= 4 is 17.6 Å². The topological polar surface area (TPSA) is 70.1 Å². The normalized spacial score (nSPS) is 28.7. The van der Waals surface area contributed by atoms with E-state index in [0.29, 0.717) is 5.25 Å². The summed E-state index contributed by atoms with van der Waals surface area (Å²) in [6.45, 7) is 0.750. The second-order valence-corrected chi connectivity index (χ2v) is 6.56. The number of hydrogen-bond donors (Lipinski definition) is 1. The van der Waals surface area contributed by atoms with Gasteiger partial charge in [-0.15, -0.1) is 11.8 Å². The van der Waals surface area contributed by atoms with Gasteiger partial charge in [0.1, 0.15) is 5.82 Å². The van der Waals surface area contributed by atoms with Gasteiger partial charge in [0.2, 0.25) is 0 Å². The molecule has 1 aliphatic carbocycles. The summed E-state index contributed by atoms with van der Waals surface area (Å²) < 4.78 is 6.98. The molecule has 0 bridgehead atoms. The molecule has 1 aromatic heterocycles. The molecule has 18 heavy (non-hydrogen) atoms. The summed E-state index contributed by atoms with van der Waals surface area (Å²) in [4.78, 5) is 15.8. The molecule has 1 aliphatic heterocycles. The molecule has 1 saturated heterocycles. The second-order valence-electron chi connectivity index (χ2n) is 5.17. The molecule has 2 heterocycles. The lowest BCUT2D eigenvalue weighted by Crippen LogP contribution is -2.28. The molecule has 1 aromatic rings. The van der Waals surface area contributed by atoms with Crippen molar-refractivity contribution in [3.8, 4) is 0 Å². The number of thioether (sulfide) groups is 1. The summed E-state index contributed by atoms with van der Waals surface area (Å²) in [6, 6.07) is 1.70. The smallest absolute Gasteiger partial charge is 0.350 e. The predicted octanol–water partition coefficient (Wildman–Crippen LogP) is 1.26. The Morgan fingerprint density at radius 3 is 3.06 bits per heavy atom. The Morgan fingerprint density at radius 2 is 2.44 bits per heavy atom. The predicted molar refractivity (Wildman–Crippen MR) is 71.5 cm³/mol. The molecule has 3 rings (SSSR count). The van der Waals surface area contributed by atoms with Crippen molar-refractivity contribution in [2.45, 2.75) is 29.9 Å². The maximum absolute atomic E-state index is 11.9. The molecule has 6 heteroatoms. The van der Waals surface area contributed by atoms with E-state index < -0.39 is 0 Å². The number of hydrogen-bond acceptors (Lipinski definition) is 5. The van der Waals surface area contributed by atoms with E-state index in [-0.39, 0.29) is 22.3 Å². The molecule has 0 aromatic carbocycles. The van der Waals surface area contributed by atoms with Crippen LogP contribution in [0.4, 0.5) is 5.82 Å². The highest BCUT2D eigenvalue weighted by Gasteiger charge is 2.57. The molecule has 2 aliphatic rings. The van der Waals surface area contributed by atoms with Crippen molar-refractivity contribution < 1.29 is 4.74 Å². The number of nitrogens with zero attached hydrogens (tertiary/aromatic N) is 2. The average molecular weight is 267 g/mol. The van der Waals surface area contributed by atoms with Crippen molar-refractivity contribution in [2.75, 3.05) is 19.5 Å². The molecule has 0 unspecified atom stereocenters. The highest BCUT2D eigenvalue weighted by atomic mass is 32.2. The fourth-order valence-electron chi connectivity index (χ4n) is 2.79. The first-order valence-corrected chi connectivity index (χ1v) is 7.08. The second kappa shape index (κ2) is 4.28. The van der Waals surface area contributed by atoms with Gasteiger partial charge in [0.15, 0.2) is 0 Å². The lowest BCUT2D eigenvalue weighted by Gasteiger charge is -2.19. The van der Waals surface area contributed by atoms with Crippen LogP contribution in [0.1, 0.15) is 24.6 Å². The van der Waals surface area contributed by atoms with Crippen LogP contribution in [0, 0.1) is 5.41 Å². The molecule has 2 fully saturated rings. The van der Waals surface area contributed by atoms with Crippen molar-refractivity contribution in [1.29, 1.82) is 0 Å². The van der Waals surface area contributed by atoms with Gasteiger partial charge >= 0.3 is 5.69 Å². The van der Waals surface area contributed by atoms with Crippen LogP contribution in [0.2, 0.25) is 0 Å². The van der Waals surface area contributed by atoms with Gasteiger partial charge in [0.05, 0.1) is 12.0 Å². The summed E-state index contributed by atoms with van der Waals surface area (Å²) in [5, 5.41) is 0.671. The standard InChI is InChI=1S/C12H17N3O2S/c1-17-7-8-6-12(3-4-12)10(18-8)15-5-2-9(13)14-11(15)16/h2,5,8,10H,3-4,6-7H2,1H3,(H2,13,14,16)/t8-,10+/m0/s1. The van der Waals surface area contributed by atoms with Gasteiger partial charge in [-0.25, -0.2) is 4.79 Å². The van der Waals surface area contributed by atoms with Crippen LogP contribution < -0.4 is 11.4 Å². The average Bonchev–Trinajstić information content (AvgIpc) is 2.98. The van der Waals surface area contributed by atoms with Gasteiger partial charge in [0, 0.05) is 24.0 Å². The minimum atomic E-state index is -0.239. The van der Waals surface area contributed by atoms with Crippen molar-refractivity contribution in [1.82, 2.24) is 9.55 Å². The number of aromatic nitrogens is 2. The largest absolute Gasteiger partial charge is 0.384 e. The molecule has 2 atom stereocenters. The number of ether oxygens (including phenoxy) is 1. The third kappa shape index (κ3) is 1.93. The third-order valence-corrected chi connectivity index (χ3v) is 5.50. The molecule has 0 radical (unpaired) electrons. The molecule has 2 N–H and O–H groups in total. The number of methoxy groups -OCH3 is 1. The van der Waals surface area contributed by atoms with E-state index in [9.17, 15) is 4.79 Å².